The number of rotatable bonds is 5. The Labute approximate surface area is 112 Å². The molecular formula is C12H11F2N3OS. The van der Waals surface area contributed by atoms with Crippen molar-refractivity contribution in [1.29, 1.82) is 0 Å². The summed E-state index contributed by atoms with van der Waals surface area (Å²) in [5.41, 5.74) is 0.797. The summed E-state index contributed by atoms with van der Waals surface area (Å²) in [5.74, 6) is -1.86. The van der Waals surface area contributed by atoms with Crippen LogP contribution in [-0.4, -0.2) is 21.9 Å². The summed E-state index contributed by atoms with van der Waals surface area (Å²) in [6, 6.07) is 5.30. The molecule has 100 valence electrons. The summed E-state index contributed by atoms with van der Waals surface area (Å²) in [5, 5.41) is 9.15. The van der Waals surface area contributed by atoms with E-state index in [-0.39, 0.29) is 11.7 Å². The maximum Gasteiger partial charge on any atom is 0.230 e. The van der Waals surface area contributed by atoms with Crippen LogP contribution in [0.1, 0.15) is 5.69 Å². The maximum atomic E-state index is 12.9. The van der Waals surface area contributed by atoms with Gasteiger partial charge in [-0.15, -0.1) is 11.8 Å². The Bertz CT molecular complexity index is 560. The predicted molar refractivity (Wildman–Crippen MR) is 67.5 cm³/mol. The summed E-state index contributed by atoms with van der Waals surface area (Å²) in [7, 11) is 0. The molecule has 0 aliphatic rings. The fourth-order valence-electron chi connectivity index (χ4n) is 1.34. The van der Waals surface area contributed by atoms with Crippen molar-refractivity contribution < 1.29 is 13.6 Å². The van der Waals surface area contributed by atoms with Gasteiger partial charge >= 0.3 is 0 Å². The van der Waals surface area contributed by atoms with E-state index in [0.717, 1.165) is 29.6 Å². The van der Waals surface area contributed by atoms with Gasteiger partial charge in [-0.25, -0.2) is 8.78 Å². The number of nitrogens with zero attached hydrogens (tertiary/aromatic N) is 1. The van der Waals surface area contributed by atoms with Gasteiger partial charge in [0, 0.05) is 11.1 Å². The van der Waals surface area contributed by atoms with Gasteiger partial charge < -0.3 is 5.32 Å². The first-order valence-electron chi connectivity index (χ1n) is 5.48. The Morgan fingerprint density at radius 3 is 2.84 bits per heavy atom. The van der Waals surface area contributed by atoms with Crippen molar-refractivity contribution in [3.05, 3.63) is 47.8 Å². The Kier molecular flexibility index (Phi) is 4.51. The highest BCUT2D eigenvalue weighted by molar-refractivity contribution is 8.00. The second-order valence-corrected chi connectivity index (χ2v) is 4.77. The molecule has 2 rings (SSSR count). The highest BCUT2D eigenvalue weighted by atomic mass is 32.2. The predicted octanol–water partition coefficient (Wildman–Crippen LogP) is 2.10. The molecule has 2 aromatic rings. The number of aromatic nitrogens is 2. The Morgan fingerprint density at radius 1 is 1.32 bits per heavy atom. The number of aromatic amines is 1. The zero-order valence-corrected chi connectivity index (χ0v) is 10.6. The summed E-state index contributed by atoms with van der Waals surface area (Å²) in [4.78, 5) is 12.0. The van der Waals surface area contributed by atoms with Crippen molar-refractivity contribution in [2.45, 2.75) is 11.4 Å². The van der Waals surface area contributed by atoms with Crippen LogP contribution in [0.15, 0.2) is 35.4 Å². The van der Waals surface area contributed by atoms with Gasteiger partial charge in [-0.05, 0) is 24.3 Å². The van der Waals surface area contributed by atoms with E-state index in [1.165, 1.54) is 6.07 Å². The molecule has 19 heavy (non-hydrogen) atoms. The molecular weight excluding hydrogens is 272 g/mol. The van der Waals surface area contributed by atoms with Crippen molar-refractivity contribution in [2.75, 3.05) is 5.75 Å². The van der Waals surface area contributed by atoms with Gasteiger partial charge in [0.05, 0.1) is 18.0 Å². The van der Waals surface area contributed by atoms with Crippen molar-refractivity contribution in [3.8, 4) is 0 Å². The van der Waals surface area contributed by atoms with Crippen LogP contribution in [0.25, 0.3) is 0 Å². The minimum Gasteiger partial charge on any atom is -0.350 e. The van der Waals surface area contributed by atoms with E-state index in [2.05, 4.69) is 15.5 Å². The lowest BCUT2D eigenvalue weighted by molar-refractivity contribution is -0.118. The Balaban J connectivity index is 1.78. The lowest BCUT2D eigenvalue weighted by Crippen LogP contribution is -2.24. The van der Waals surface area contributed by atoms with Crippen LogP contribution in [-0.2, 0) is 11.3 Å². The molecule has 0 aliphatic heterocycles. The van der Waals surface area contributed by atoms with Gasteiger partial charge in [-0.2, -0.15) is 5.10 Å². The van der Waals surface area contributed by atoms with Crippen molar-refractivity contribution >= 4 is 17.7 Å². The largest absolute Gasteiger partial charge is 0.350 e. The molecule has 0 spiro atoms. The third-order valence-corrected chi connectivity index (χ3v) is 3.29. The number of hydrogen-bond acceptors (Lipinski definition) is 3. The molecule has 0 radical (unpaired) electrons. The van der Waals surface area contributed by atoms with Crippen molar-refractivity contribution in [1.82, 2.24) is 15.5 Å². The number of benzene rings is 1. The third kappa shape index (κ3) is 4.06. The minimum absolute atomic E-state index is 0.138. The highest BCUT2D eigenvalue weighted by Crippen LogP contribution is 2.19. The van der Waals surface area contributed by atoms with Crippen molar-refractivity contribution in [2.24, 2.45) is 0 Å². The number of amides is 1. The van der Waals surface area contributed by atoms with Crippen LogP contribution in [0, 0.1) is 11.6 Å². The zero-order valence-electron chi connectivity index (χ0n) is 9.82. The molecule has 2 N–H and O–H groups in total. The smallest absolute Gasteiger partial charge is 0.230 e. The first kappa shape index (κ1) is 13.5. The van der Waals surface area contributed by atoms with Gasteiger partial charge in [0.15, 0.2) is 11.6 Å². The minimum atomic E-state index is -0.914. The molecule has 0 unspecified atom stereocenters. The van der Waals surface area contributed by atoms with Gasteiger partial charge in [0.25, 0.3) is 0 Å². The average Bonchev–Trinajstić information content (AvgIpc) is 2.91. The number of nitrogens with one attached hydrogen (secondary N) is 2. The van der Waals surface area contributed by atoms with Crippen molar-refractivity contribution in [3.63, 3.8) is 0 Å². The zero-order chi connectivity index (χ0) is 13.7. The molecule has 0 aliphatic carbocycles. The van der Waals surface area contributed by atoms with Gasteiger partial charge in [0.2, 0.25) is 5.91 Å². The highest BCUT2D eigenvalue weighted by Gasteiger charge is 2.06. The number of carbonyl (C=O) groups is 1. The van der Waals surface area contributed by atoms with Crippen LogP contribution in [0.2, 0.25) is 0 Å². The molecule has 1 amide bonds. The summed E-state index contributed by atoms with van der Waals surface area (Å²) in [6.07, 6.45) is 1.59. The normalized spacial score (nSPS) is 10.4. The quantitative estimate of drug-likeness (QED) is 0.826. The van der Waals surface area contributed by atoms with Crippen LogP contribution >= 0.6 is 11.8 Å². The first-order chi connectivity index (χ1) is 9.15. The SMILES string of the molecule is O=C(CSc1ccc(F)c(F)c1)NCc1ccn[nH]1. The van der Waals surface area contributed by atoms with Gasteiger partial charge in [-0.3, -0.25) is 9.89 Å². The Hall–Kier alpha value is -1.89. The molecule has 4 nitrogen and oxygen atoms in total. The van der Waals surface area contributed by atoms with Gasteiger partial charge in [-0.1, -0.05) is 0 Å². The van der Waals surface area contributed by atoms with Crippen LogP contribution in [0.4, 0.5) is 8.78 Å². The standard InChI is InChI=1S/C12H11F2N3OS/c13-10-2-1-9(5-11(10)14)19-7-12(18)15-6-8-3-4-16-17-8/h1-5H,6-7H2,(H,15,18)(H,16,17). The molecule has 7 heteroatoms. The molecule has 1 aromatic carbocycles. The molecule has 0 saturated carbocycles. The van der Waals surface area contributed by atoms with E-state index in [0.29, 0.717) is 11.4 Å². The topological polar surface area (TPSA) is 57.8 Å². The average molecular weight is 283 g/mol. The van der Waals surface area contributed by atoms with E-state index < -0.39 is 11.6 Å². The summed E-state index contributed by atoms with van der Waals surface area (Å²) >= 11 is 1.14. The number of carbonyl (C=O) groups excluding carboxylic acids is 1. The molecule has 0 fully saturated rings. The van der Waals surface area contributed by atoms with E-state index in [1.54, 1.807) is 12.3 Å². The fourth-order valence-corrected chi connectivity index (χ4v) is 2.09. The molecule has 0 atom stereocenters. The van der Waals surface area contributed by atoms with E-state index in [9.17, 15) is 13.6 Å². The van der Waals surface area contributed by atoms with E-state index in [1.807, 2.05) is 0 Å². The fraction of sp³-hybridized carbons (Fsp3) is 0.167. The monoisotopic (exact) mass is 283 g/mol. The summed E-state index contributed by atoms with van der Waals surface area (Å²) < 4.78 is 25.6. The van der Waals surface area contributed by atoms with Crippen LogP contribution in [0.5, 0.6) is 0 Å². The molecule has 0 bridgehead atoms. The number of H-pyrrole nitrogens is 1. The lowest BCUT2D eigenvalue weighted by atomic mass is 10.3. The lowest BCUT2D eigenvalue weighted by Gasteiger charge is -2.04. The van der Waals surface area contributed by atoms with Gasteiger partial charge in [0.1, 0.15) is 0 Å². The second kappa shape index (κ2) is 6.33. The summed E-state index contributed by atoms with van der Waals surface area (Å²) in [6.45, 7) is 0.358. The maximum absolute atomic E-state index is 12.9. The molecule has 1 heterocycles. The molecule has 1 aromatic heterocycles. The first-order valence-corrected chi connectivity index (χ1v) is 6.46. The van der Waals surface area contributed by atoms with Crippen LogP contribution in [0.3, 0.4) is 0 Å². The second-order valence-electron chi connectivity index (χ2n) is 3.72. The van der Waals surface area contributed by atoms with E-state index >= 15 is 0 Å². The Morgan fingerprint density at radius 2 is 2.16 bits per heavy atom. The molecule has 0 saturated heterocycles. The van der Waals surface area contributed by atoms with Crippen LogP contribution < -0.4 is 5.32 Å². The number of halogens is 2. The third-order valence-electron chi connectivity index (χ3n) is 2.30. The number of thioether (sulfide) groups is 1. The number of hydrogen-bond donors (Lipinski definition) is 2. The van der Waals surface area contributed by atoms with E-state index in [4.69, 9.17) is 0 Å².